The summed E-state index contributed by atoms with van der Waals surface area (Å²) in [6, 6.07) is 10.2. The van der Waals surface area contributed by atoms with Crippen LogP contribution in [-0.2, 0) is 11.3 Å². The second-order valence-electron chi connectivity index (χ2n) is 3.15. The van der Waals surface area contributed by atoms with E-state index in [1.807, 2.05) is 18.2 Å². The lowest BCUT2D eigenvalue weighted by molar-refractivity contribution is 0.114. The highest BCUT2D eigenvalue weighted by Gasteiger charge is 2.27. The maximum atomic E-state index is 5.55. The second kappa shape index (κ2) is 3.11. The van der Waals surface area contributed by atoms with Crippen molar-refractivity contribution >= 4 is 0 Å². The van der Waals surface area contributed by atoms with Crippen LogP contribution in [0.2, 0.25) is 0 Å². The Hall–Kier alpha value is -1.08. The molecule has 2 rings (SSSR count). The standard InChI is InChI=1S/C11H12O/c1-9-7-11(9)12-8-10-5-3-2-4-6-10/h2-6,11H,1,7-8H2. The van der Waals surface area contributed by atoms with Crippen molar-refractivity contribution in [1.82, 2.24) is 0 Å². The fourth-order valence-corrected chi connectivity index (χ4v) is 1.13. The van der Waals surface area contributed by atoms with Gasteiger partial charge in [-0.15, -0.1) is 0 Å². The van der Waals surface area contributed by atoms with E-state index in [9.17, 15) is 0 Å². The second-order valence-corrected chi connectivity index (χ2v) is 3.15. The molecular formula is C11H12O. The first-order valence-corrected chi connectivity index (χ1v) is 4.19. The van der Waals surface area contributed by atoms with Crippen molar-refractivity contribution in [2.45, 2.75) is 19.1 Å². The molecule has 1 aromatic rings. The van der Waals surface area contributed by atoms with Gasteiger partial charge in [-0.1, -0.05) is 36.9 Å². The molecule has 0 aromatic heterocycles. The monoisotopic (exact) mass is 160 g/mol. The van der Waals surface area contributed by atoms with Crippen LogP contribution in [0.25, 0.3) is 0 Å². The van der Waals surface area contributed by atoms with E-state index in [1.165, 1.54) is 11.1 Å². The van der Waals surface area contributed by atoms with Crippen LogP contribution in [0, 0.1) is 0 Å². The third-order valence-electron chi connectivity index (χ3n) is 2.04. The molecule has 1 aliphatic rings. The van der Waals surface area contributed by atoms with Gasteiger partial charge in [-0.05, 0) is 11.1 Å². The van der Waals surface area contributed by atoms with Gasteiger partial charge in [0, 0.05) is 6.42 Å². The first-order chi connectivity index (χ1) is 5.86. The molecule has 1 unspecified atom stereocenters. The fraction of sp³-hybridized carbons (Fsp3) is 0.273. The van der Waals surface area contributed by atoms with Crippen molar-refractivity contribution in [1.29, 1.82) is 0 Å². The lowest BCUT2D eigenvalue weighted by Gasteiger charge is -2.00. The summed E-state index contributed by atoms with van der Waals surface area (Å²) < 4.78 is 5.55. The van der Waals surface area contributed by atoms with E-state index >= 15 is 0 Å². The van der Waals surface area contributed by atoms with Crippen molar-refractivity contribution in [3.63, 3.8) is 0 Å². The van der Waals surface area contributed by atoms with Gasteiger partial charge in [0.05, 0.1) is 12.7 Å². The van der Waals surface area contributed by atoms with Crippen molar-refractivity contribution < 1.29 is 4.74 Å². The van der Waals surface area contributed by atoms with Gasteiger partial charge in [-0.2, -0.15) is 0 Å². The van der Waals surface area contributed by atoms with Crippen molar-refractivity contribution in [2.75, 3.05) is 0 Å². The molecule has 0 bridgehead atoms. The molecule has 1 fully saturated rings. The molecular weight excluding hydrogens is 148 g/mol. The Labute approximate surface area is 72.7 Å². The Morgan fingerprint density at radius 3 is 2.58 bits per heavy atom. The Kier molecular flexibility index (Phi) is 1.96. The van der Waals surface area contributed by atoms with Gasteiger partial charge >= 0.3 is 0 Å². The quantitative estimate of drug-likeness (QED) is 0.617. The first kappa shape index (κ1) is 7.56. The van der Waals surface area contributed by atoms with Crippen molar-refractivity contribution in [3.05, 3.63) is 48.0 Å². The lowest BCUT2D eigenvalue weighted by Crippen LogP contribution is -1.93. The SMILES string of the molecule is C=C1CC1OCc1ccccc1. The summed E-state index contributed by atoms with van der Waals surface area (Å²) >= 11 is 0. The minimum atomic E-state index is 0.338. The van der Waals surface area contributed by atoms with Gasteiger partial charge in [0.15, 0.2) is 0 Å². The summed E-state index contributed by atoms with van der Waals surface area (Å²) in [5.41, 5.74) is 2.46. The highest BCUT2D eigenvalue weighted by Crippen LogP contribution is 2.31. The Morgan fingerprint density at radius 1 is 1.33 bits per heavy atom. The average Bonchev–Trinajstić information content (AvgIpc) is 2.81. The van der Waals surface area contributed by atoms with Crippen molar-refractivity contribution in [3.8, 4) is 0 Å². The zero-order valence-electron chi connectivity index (χ0n) is 6.99. The van der Waals surface area contributed by atoms with E-state index < -0.39 is 0 Å². The summed E-state index contributed by atoms with van der Waals surface area (Å²) in [6.07, 6.45) is 1.39. The third-order valence-corrected chi connectivity index (χ3v) is 2.04. The van der Waals surface area contributed by atoms with Gasteiger partial charge in [0.2, 0.25) is 0 Å². The van der Waals surface area contributed by atoms with E-state index in [0.717, 1.165) is 6.42 Å². The molecule has 0 saturated heterocycles. The number of hydrogen-bond donors (Lipinski definition) is 0. The molecule has 0 N–H and O–H groups in total. The van der Waals surface area contributed by atoms with E-state index in [0.29, 0.717) is 12.7 Å². The van der Waals surface area contributed by atoms with Crippen LogP contribution in [0.1, 0.15) is 12.0 Å². The number of benzene rings is 1. The molecule has 1 aliphatic carbocycles. The third kappa shape index (κ3) is 1.74. The Bertz CT molecular complexity index is 276. The molecule has 1 atom stereocenters. The highest BCUT2D eigenvalue weighted by molar-refractivity contribution is 5.22. The molecule has 0 aliphatic heterocycles. The van der Waals surface area contributed by atoms with Crippen molar-refractivity contribution in [2.24, 2.45) is 0 Å². The molecule has 1 saturated carbocycles. The normalized spacial score (nSPS) is 21.0. The van der Waals surface area contributed by atoms with E-state index in [2.05, 4.69) is 18.7 Å². The number of rotatable bonds is 3. The Balaban J connectivity index is 1.84. The van der Waals surface area contributed by atoms with Crippen LogP contribution in [-0.4, -0.2) is 6.10 Å². The van der Waals surface area contributed by atoms with Crippen LogP contribution in [0.5, 0.6) is 0 Å². The fourth-order valence-electron chi connectivity index (χ4n) is 1.13. The molecule has 0 heterocycles. The van der Waals surface area contributed by atoms with Gasteiger partial charge in [0.1, 0.15) is 0 Å². The summed E-state index contributed by atoms with van der Waals surface area (Å²) in [4.78, 5) is 0. The van der Waals surface area contributed by atoms with Crippen LogP contribution in [0.4, 0.5) is 0 Å². The van der Waals surface area contributed by atoms with Gasteiger partial charge in [-0.25, -0.2) is 0 Å². The van der Waals surface area contributed by atoms with Crippen LogP contribution >= 0.6 is 0 Å². The van der Waals surface area contributed by atoms with E-state index in [-0.39, 0.29) is 0 Å². The lowest BCUT2D eigenvalue weighted by atomic mass is 10.2. The van der Waals surface area contributed by atoms with E-state index in [4.69, 9.17) is 4.74 Å². The molecule has 62 valence electrons. The summed E-state index contributed by atoms with van der Waals surface area (Å²) in [7, 11) is 0. The highest BCUT2D eigenvalue weighted by atomic mass is 16.5. The number of hydrogen-bond acceptors (Lipinski definition) is 1. The predicted molar refractivity (Wildman–Crippen MR) is 48.8 cm³/mol. The summed E-state index contributed by atoms with van der Waals surface area (Å²) in [5, 5.41) is 0. The Morgan fingerprint density at radius 2 is 2.00 bits per heavy atom. The van der Waals surface area contributed by atoms with Crippen LogP contribution < -0.4 is 0 Å². The molecule has 0 spiro atoms. The summed E-state index contributed by atoms with van der Waals surface area (Å²) in [6.45, 7) is 4.55. The average molecular weight is 160 g/mol. The predicted octanol–water partition coefficient (Wildman–Crippen LogP) is 2.53. The maximum Gasteiger partial charge on any atom is 0.0825 e. The maximum absolute atomic E-state index is 5.55. The minimum absolute atomic E-state index is 0.338. The smallest absolute Gasteiger partial charge is 0.0825 e. The first-order valence-electron chi connectivity index (χ1n) is 4.19. The zero-order chi connectivity index (χ0) is 8.39. The van der Waals surface area contributed by atoms with Crippen LogP contribution in [0.3, 0.4) is 0 Å². The molecule has 1 nitrogen and oxygen atoms in total. The van der Waals surface area contributed by atoms with E-state index in [1.54, 1.807) is 0 Å². The zero-order valence-corrected chi connectivity index (χ0v) is 6.99. The van der Waals surface area contributed by atoms with Gasteiger partial charge in [-0.3, -0.25) is 0 Å². The topological polar surface area (TPSA) is 9.23 Å². The van der Waals surface area contributed by atoms with Gasteiger partial charge in [0.25, 0.3) is 0 Å². The largest absolute Gasteiger partial charge is 0.369 e. The van der Waals surface area contributed by atoms with Crippen LogP contribution in [0.15, 0.2) is 42.5 Å². The number of ether oxygens (including phenoxy) is 1. The molecule has 0 radical (unpaired) electrons. The minimum Gasteiger partial charge on any atom is -0.369 e. The van der Waals surface area contributed by atoms with Gasteiger partial charge < -0.3 is 4.74 Å². The molecule has 1 aromatic carbocycles. The molecule has 0 amide bonds. The molecule has 12 heavy (non-hydrogen) atoms. The summed E-state index contributed by atoms with van der Waals surface area (Å²) in [5.74, 6) is 0. The molecule has 1 heteroatoms.